The highest BCUT2D eigenvalue weighted by Gasteiger charge is 2.26. The highest BCUT2D eigenvalue weighted by atomic mass is 16.2. The molecule has 1 N–H and O–H groups in total. The Morgan fingerprint density at radius 1 is 1.23 bits per heavy atom. The van der Waals surface area contributed by atoms with Gasteiger partial charge in [-0.15, -0.1) is 0 Å². The molecule has 2 heterocycles. The first-order valence-electron chi connectivity index (χ1n) is 9.25. The molecule has 1 aliphatic heterocycles. The molecule has 5 nitrogen and oxygen atoms in total. The number of rotatable bonds is 4. The number of carbonyl (C=O) groups is 1. The summed E-state index contributed by atoms with van der Waals surface area (Å²) in [4.78, 5) is 19.5. The van der Waals surface area contributed by atoms with Crippen LogP contribution in [0.2, 0.25) is 0 Å². The molecule has 1 amide bonds. The van der Waals surface area contributed by atoms with E-state index < -0.39 is 0 Å². The summed E-state index contributed by atoms with van der Waals surface area (Å²) in [5, 5.41) is 3.34. The smallest absolute Gasteiger partial charge is 0.254 e. The molecule has 0 radical (unpaired) electrons. The second kappa shape index (κ2) is 6.92. The number of hydrogen-bond donors (Lipinski definition) is 1. The Kier molecular flexibility index (Phi) is 4.47. The maximum atomic E-state index is 12.9. The Bertz CT molecular complexity index is 923. The number of likely N-dealkylation sites (N-methyl/N-ethyl adjacent to an activating group) is 1. The van der Waals surface area contributed by atoms with E-state index >= 15 is 0 Å². The number of carbonyl (C=O) groups excluding carboxylic acids is 1. The topological polar surface area (TPSA) is 50.2 Å². The lowest BCUT2D eigenvalue weighted by Crippen LogP contribution is -2.41. The molecule has 0 aliphatic carbocycles. The van der Waals surface area contributed by atoms with Crippen LogP contribution >= 0.6 is 0 Å². The molecule has 0 spiro atoms. The minimum absolute atomic E-state index is 0.111. The molecule has 4 rings (SSSR count). The molecular weight excluding hydrogens is 324 g/mol. The van der Waals surface area contributed by atoms with Gasteiger partial charge in [-0.2, -0.15) is 0 Å². The zero-order valence-corrected chi connectivity index (χ0v) is 15.3. The summed E-state index contributed by atoms with van der Waals surface area (Å²) < 4.78 is 2.13. The van der Waals surface area contributed by atoms with Gasteiger partial charge in [0.1, 0.15) is 5.82 Å². The van der Waals surface area contributed by atoms with Crippen molar-refractivity contribution in [3.8, 4) is 5.69 Å². The molecule has 1 saturated heterocycles. The number of aryl methyl sites for hydroxylation is 1. The Balaban J connectivity index is 1.64. The van der Waals surface area contributed by atoms with Gasteiger partial charge in [-0.3, -0.25) is 9.36 Å². The molecule has 0 bridgehead atoms. The summed E-state index contributed by atoms with van der Waals surface area (Å²) in [6.45, 7) is 6.66. The molecule has 2 aromatic carbocycles. The predicted octanol–water partition coefficient (Wildman–Crippen LogP) is 3.16. The van der Waals surface area contributed by atoms with E-state index in [1.165, 1.54) is 0 Å². The predicted molar refractivity (Wildman–Crippen MR) is 104 cm³/mol. The number of hydrogen-bond acceptors (Lipinski definition) is 3. The van der Waals surface area contributed by atoms with Crippen molar-refractivity contribution in [3.63, 3.8) is 0 Å². The van der Waals surface area contributed by atoms with Crippen molar-refractivity contribution < 1.29 is 4.79 Å². The van der Waals surface area contributed by atoms with Crippen LogP contribution in [0.25, 0.3) is 16.7 Å². The number of fused-ring (bicyclic) bond motifs is 1. The third kappa shape index (κ3) is 2.88. The maximum absolute atomic E-state index is 12.9. The molecule has 1 unspecified atom stereocenters. The van der Waals surface area contributed by atoms with Crippen molar-refractivity contribution in [1.29, 1.82) is 0 Å². The molecule has 1 aliphatic rings. The normalized spacial score (nSPS) is 16.9. The standard InChI is InChI=1S/C21H24N4O/c1-3-24(18-12-13-22-14-18)21(26)16-8-10-17(11-9-16)25-15(2)23-19-6-4-5-7-20(19)25/h4-11,18,22H,3,12-14H2,1-2H3. The van der Waals surface area contributed by atoms with E-state index in [0.717, 1.165) is 54.2 Å². The highest BCUT2D eigenvalue weighted by Crippen LogP contribution is 2.22. The van der Waals surface area contributed by atoms with Gasteiger partial charge >= 0.3 is 0 Å². The molecule has 26 heavy (non-hydrogen) atoms. The van der Waals surface area contributed by atoms with Crippen molar-refractivity contribution in [3.05, 3.63) is 59.9 Å². The van der Waals surface area contributed by atoms with Crippen LogP contribution in [0.3, 0.4) is 0 Å². The van der Waals surface area contributed by atoms with Gasteiger partial charge in [-0.1, -0.05) is 12.1 Å². The number of benzene rings is 2. The first-order valence-corrected chi connectivity index (χ1v) is 9.25. The minimum atomic E-state index is 0.111. The maximum Gasteiger partial charge on any atom is 0.254 e. The van der Waals surface area contributed by atoms with Gasteiger partial charge in [0, 0.05) is 30.4 Å². The number of aromatic nitrogens is 2. The SMILES string of the molecule is CCN(C(=O)c1ccc(-n2c(C)nc3ccccc32)cc1)C1CCNC1. The molecule has 1 aromatic heterocycles. The van der Waals surface area contributed by atoms with Gasteiger partial charge in [-0.25, -0.2) is 4.98 Å². The Morgan fingerprint density at radius 2 is 2.00 bits per heavy atom. The van der Waals surface area contributed by atoms with Crippen molar-refractivity contribution >= 4 is 16.9 Å². The summed E-state index contributed by atoms with van der Waals surface area (Å²) in [5.74, 6) is 1.05. The first kappa shape index (κ1) is 16.8. The second-order valence-electron chi connectivity index (χ2n) is 6.77. The summed E-state index contributed by atoms with van der Waals surface area (Å²) in [6.07, 6.45) is 1.03. The van der Waals surface area contributed by atoms with Crippen LogP contribution in [0.4, 0.5) is 0 Å². The fraction of sp³-hybridized carbons (Fsp3) is 0.333. The van der Waals surface area contributed by atoms with Crippen LogP contribution < -0.4 is 5.32 Å². The molecule has 0 saturated carbocycles. The van der Waals surface area contributed by atoms with Crippen LogP contribution in [-0.4, -0.2) is 46.0 Å². The lowest BCUT2D eigenvalue weighted by atomic mass is 10.1. The number of para-hydroxylation sites is 2. The van der Waals surface area contributed by atoms with Crippen molar-refractivity contribution in [2.45, 2.75) is 26.3 Å². The van der Waals surface area contributed by atoms with Gasteiger partial charge in [0.25, 0.3) is 5.91 Å². The molecule has 5 heteroatoms. The highest BCUT2D eigenvalue weighted by molar-refractivity contribution is 5.94. The van der Waals surface area contributed by atoms with E-state index in [0.29, 0.717) is 6.04 Å². The van der Waals surface area contributed by atoms with Crippen LogP contribution in [-0.2, 0) is 0 Å². The monoisotopic (exact) mass is 348 g/mol. The average Bonchev–Trinajstić information content (AvgIpc) is 3.29. The molecular formula is C21H24N4O. The van der Waals surface area contributed by atoms with E-state index in [-0.39, 0.29) is 5.91 Å². The van der Waals surface area contributed by atoms with Crippen molar-refractivity contribution in [2.75, 3.05) is 19.6 Å². The second-order valence-corrected chi connectivity index (χ2v) is 6.77. The van der Waals surface area contributed by atoms with Crippen molar-refractivity contribution in [2.24, 2.45) is 0 Å². The fourth-order valence-electron chi connectivity index (χ4n) is 3.86. The molecule has 3 aromatic rings. The Morgan fingerprint density at radius 3 is 2.69 bits per heavy atom. The summed E-state index contributed by atoms with van der Waals surface area (Å²) in [6, 6.07) is 16.3. The van der Waals surface area contributed by atoms with Crippen LogP contribution in [0, 0.1) is 6.92 Å². The Hall–Kier alpha value is -2.66. The van der Waals surface area contributed by atoms with E-state index in [1.807, 2.05) is 61.2 Å². The molecule has 134 valence electrons. The third-order valence-electron chi connectivity index (χ3n) is 5.18. The van der Waals surface area contributed by atoms with Gasteiger partial charge in [0.15, 0.2) is 0 Å². The summed E-state index contributed by atoms with van der Waals surface area (Å²) in [5.41, 5.74) is 3.83. The van der Waals surface area contributed by atoms with E-state index in [2.05, 4.69) is 20.9 Å². The largest absolute Gasteiger partial charge is 0.335 e. The molecule has 1 atom stereocenters. The lowest BCUT2D eigenvalue weighted by Gasteiger charge is -2.27. The van der Waals surface area contributed by atoms with E-state index in [9.17, 15) is 4.79 Å². The quantitative estimate of drug-likeness (QED) is 0.788. The summed E-state index contributed by atoms with van der Waals surface area (Å²) >= 11 is 0. The fourth-order valence-corrected chi connectivity index (χ4v) is 3.86. The average molecular weight is 348 g/mol. The number of imidazole rings is 1. The van der Waals surface area contributed by atoms with Gasteiger partial charge in [-0.05, 0) is 63.2 Å². The minimum Gasteiger partial charge on any atom is -0.335 e. The van der Waals surface area contributed by atoms with E-state index in [1.54, 1.807) is 0 Å². The third-order valence-corrected chi connectivity index (χ3v) is 5.18. The van der Waals surface area contributed by atoms with Crippen molar-refractivity contribution in [1.82, 2.24) is 19.8 Å². The van der Waals surface area contributed by atoms with Crippen LogP contribution in [0.1, 0.15) is 29.5 Å². The van der Waals surface area contributed by atoms with E-state index in [4.69, 9.17) is 0 Å². The molecule has 1 fully saturated rings. The number of nitrogens with one attached hydrogen (secondary N) is 1. The number of nitrogens with zero attached hydrogens (tertiary/aromatic N) is 3. The van der Waals surface area contributed by atoms with Gasteiger partial charge in [0.05, 0.1) is 11.0 Å². The van der Waals surface area contributed by atoms with Gasteiger partial charge < -0.3 is 10.2 Å². The summed E-state index contributed by atoms with van der Waals surface area (Å²) in [7, 11) is 0. The Labute approximate surface area is 153 Å². The lowest BCUT2D eigenvalue weighted by molar-refractivity contribution is 0.0704. The van der Waals surface area contributed by atoms with Gasteiger partial charge in [0.2, 0.25) is 0 Å². The zero-order chi connectivity index (χ0) is 18.1. The zero-order valence-electron chi connectivity index (χ0n) is 15.3. The first-order chi connectivity index (χ1) is 12.7. The van der Waals surface area contributed by atoms with Crippen LogP contribution in [0.15, 0.2) is 48.5 Å². The van der Waals surface area contributed by atoms with Crippen LogP contribution in [0.5, 0.6) is 0 Å². The number of amides is 1.